The number of benzene rings is 2. The standard InChI is InChI=1S/C13H10Cl4N2O/c14-9-5-8(13(20)12(15)6-9)7-18-10-1-3-11(4-2-10)19(16)17/h1-6,18,20H,7H2. The number of phenols is 1. The van der Waals surface area contributed by atoms with Gasteiger partial charge in [-0.25, -0.2) is 0 Å². The number of anilines is 2. The second-order valence-corrected chi connectivity index (χ2v) is 5.72. The summed E-state index contributed by atoms with van der Waals surface area (Å²) >= 11 is 23.0. The summed E-state index contributed by atoms with van der Waals surface area (Å²) < 4.78 is 0.979. The highest BCUT2D eigenvalue weighted by Gasteiger charge is 2.08. The van der Waals surface area contributed by atoms with Crippen molar-refractivity contribution in [3.8, 4) is 5.75 Å². The van der Waals surface area contributed by atoms with Crippen LogP contribution in [0.4, 0.5) is 11.4 Å². The summed E-state index contributed by atoms with van der Waals surface area (Å²) in [5.74, 6) is 0.0212. The summed E-state index contributed by atoms with van der Waals surface area (Å²) in [6.45, 7) is 0.386. The Kier molecular flexibility index (Phi) is 5.11. The van der Waals surface area contributed by atoms with Crippen molar-refractivity contribution in [2.75, 3.05) is 9.25 Å². The van der Waals surface area contributed by atoms with Gasteiger partial charge in [0.25, 0.3) is 0 Å². The first-order chi connectivity index (χ1) is 9.47. The van der Waals surface area contributed by atoms with E-state index in [1.807, 2.05) is 12.1 Å². The van der Waals surface area contributed by atoms with Gasteiger partial charge in [0.15, 0.2) is 0 Å². The molecule has 0 saturated carbocycles. The molecule has 0 aliphatic rings. The second-order valence-electron chi connectivity index (χ2n) is 4.03. The predicted molar refractivity (Wildman–Crippen MR) is 86.1 cm³/mol. The lowest BCUT2D eigenvalue weighted by Crippen LogP contribution is -2.00. The van der Waals surface area contributed by atoms with Crippen molar-refractivity contribution in [2.24, 2.45) is 0 Å². The molecule has 20 heavy (non-hydrogen) atoms. The number of rotatable bonds is 4. The van der Waals surface area contributed by atoms with Crippen molar-refractivity contribution in [3.05, 3.63) is 52.0 Å². The van der Waals surface area contributed by atoms with E-state index in [2.05, 4.69) is 5.32 Å². The van der Waals surface area contributed by atoms with Crippen molar-refractivity contribution in [1.29, 1.82) is 0 Å². The Balaban J connectivity index is 2.09. The Hall–Kier alpha value is -1.00. The highest BCUT2D eigenvalue weighted by Crippen LogP contribution is 2.31. The summed E-state index contributed by atoms with van der Waals surface area (Å²) in [7, 11) is 0. The largest absolute Gasteiger partial charge is 0.506 e. The Morgan fingerprint density at radius 1 is 1.05 bits per heavy atom. The Morgan fingerprint density at radius 3 is 2.30 bits per heavy atom. The monoisotopic (exact) mass is 350 g/mol. The van der Waals surface area contributed by atoms with Crippen molar-refractivity contribution in [1.82, 2.24) is 0 Å². The molecule has 0 heterocycles. The molecule has 0 unspecified atom stereocenters. The second kappa shape index (κ2) is 6.64. The van der Waals surface area contributed by atoms with Gasteiger partial charge in [-0.3, -0.25) is 0 Å². The van der Waals surface area contributed by atoms with Crippen molar-refractivity contribution >= 4 is 58.1 Å². The van der Waals surface area contributed by atoms with Crippen LogP contribution < -0.4 is 9.25 Å². The molecule has 106 valence electrons. The van der Waals surface area contributed by atoms with Crippen LogP contribution in [0.25, 0.3) is 0 Å². The van der Waals surface area contributed by atoms with Crippen LogP contribution in [0.5, 0.6) is 5.75 Å². The third-order valence-corrected chi connectivity index (χ3v) is 3.55. The fourth-order valence-electron chi connectivity index (χ4n) is 1.64. The zero-order chi connectivity index (χ0) is 14.7. The minimum atomic E-state index is 0.0212. The average molecular weight is 352 g/mol. The molecular formula is C13H10Cl4N2O. The summed E-state index contributed by atoms with van der Waals surface area (Å²) in [6.07, 6.45) is 0. The van der Waals surface area contributed by atoms with E-state index in [1.54, 1.807) is 18.2 Å². The van der Waals surface area contributed by atoms with E-state index in [0.29, 0.717) is 22.8 Å². The molecule has 0 aliphatic carbocycles. The topological polar surface area (TPSA) is 35.5 Å². The first-order valence-electron chi connectivity index (χ1n) is 5.60. The van der Waals surface area contributed by atoms with Crippen LogP contribution in [0.1, 0.15) is 5.56 Å². The highest BCUT2D eigenvalue weighted by molar-refractivity contribution is 6.49. The Labute approximate surface area is 136 Å². The van der Waals surface area contributed by atoms with Gasteiger partial charge < -0.3 is 10.4 Å². The molecule has 0 amide bonds. The molecule has 0 aromatic heterocycles. The lowest BCUT2D eigenvalue weighted by molar-refractivity contribution is 0.469. The van der Waals surface area contributed by atoms with Gasteiger partial charge in [-0.1, -0.05) is 23.2 Å². The zero-order valence-electron chi connectivity index (χ0n) is 10.1. The van der Waals surface area contributed by atoms with Gasteiger partial charge in [0.2, 0.25) is 0 Å². The van der Waals surface area contributed by atoms with Crippen LogP contribution in [-0.4, -0.2) is 5.11 Å². The average Bonchev–Trinajstić information content (AvgIpc) is 2.41. The normalized spacial score (nSPS) is 10.4. The van der Waals surface area contributed by atoms with Crippen molar-refractivity contribution < 1.29 is 5.11 Å². The lowest BCUT2D eigenvalue weighted by atomic mass is 10.2. The molecule has 2 rings (SSSR count). The SMILES string of the molecule is Oc1c(Cl)cc(Cl)cc1CNc1ccc(N(Cl)Cl)cc1. The van der Waals surface area contributed by atoms with Crippen LogP contribution in [0.15, 0.2) is 36.4 Å². The number of aromatic hydroxyl groups is 1. The third-order valence-electron chi connectivity index (χ3n) is 2.65. The molecule has 0 aliphatic heterocycles. The maximum absolute atomic E-state index is 9.84. The summed E-state index contributed by atoms with van der Waals surface area (Å²) in [6, 6.07) is 10.3. The quantitative estimate of drug-likeness (QED) is 0.721. The number of nitrogens with zero attached hydrogens (tertiary/aromatic N) is 1. The van der Waals surface area contributed by atoms with Crippen LogP contribution >= 0.6 is 46.8 Å². The molecule has 2 aromatic carbocycles. The molecule has 0 fully saturated rings. The van der Waals surface area contributed by atoms with Gasteiger partial charge in [0.1, 0.15) is 5.75 Å². The van der Waals surface area contributed by atoms with Gasteiger partial charge in [-0.15, -0.1) is 0 Å². The van der Waals surface area contributed by atoms with E-state index in [1.165, 1.54) is 6.07 Å². The Bertz CT molecular complexity index is 602. The maximum Gasteiger partial charge on any atom is 0.139 e. The fourth-order valence-corrected chi connectivity index (χ4v) is 2.40. The summed E-state index contributed by atoms with van der Waals surface area (Å²) in [4.78, 5) is 0. The first kappa shape index (κ1) is 15.4. The molecule has 7 heteroatoms. The van der Waals surface area contributed by atoms with Gasteiger partial charge in [0, 0.05) is 46.4 Å². The van der Waals surface area contributed by atoms with Gasteiger partial charge in [-0.2, -0.15) is 3.94 Å². The first-order valence-corrected chi connectivity index (χ1v) is 7.03. The van der Waals surface area contributed by atoms with E-state index in [-0.39, 0.29) is 10.8 Å². The molecule has 0 saturated heterocycles. The molecule has 0 atom stereocenters. The molecule has 2 N–H and O–H groups in total. The van der Waals surface area contributed by atoms with Crippen LogP contribution in [0.3, 0.4) is 0 Å². The van der Waals surface area contributed by atoms with Gasteiger partial charge in [-0.05, 0) is 36.4 Å². The zero-order valence-corrected chi connectivity index (χ0v) is 13.1. The Morgan fingerprint density at radius 2 is 1.70 bits per heavy atom. The third kappa shape index (κ3) is 3.76. The van der Waals surface area contributed by atoms with Gasteiger partial charge >= 0.3 is 0 Å². The molecule has 0 bridgehead atoms. The van der Waals surface area contributed by atoms with E-state index >= 15 is 0 Å². The predicted octanol–water partition coefficient (Wildman–Crippen LogP) is 5.43. The molecule has 2 aromatic rings. The van der Waals surface area contributed by atoms with Crippen LogP contribution in [0.2, 0.25) is 10.0 Å². The van der Waals surface area contributed by atoms with E-state index in [4.69, 9.17) is 46.8 Å². The number of hydrogen-bond acceptors (Lipinski definition) is 3. The van der Waals surface area contributed by atoms with Crippen LogP contribution in [0, 0.1) is 0 Å². The van der Waals surface area contributed by atoms with Crippen molar-refractivity contribution in [3.63, 3.8) is 0 Å². The number of hydrogen-bond donors (Lipinski definition) is 2. The maximum atomic E-state index is 9.84. The van der Waals surface area contributed by atoms with E-state index in [0.717, 1.165) is 9.63 Å². The number of nitrogens with one attached hydrogen (secondary N) is 1. The van der Waals surface area contributed by atoms with Crippen molar-refractivity contribution in [2.45, 2.75) is 6.54 Å². The lowest BCUT2D eigenvalue weighted by Gasteiger charge is -2.11. The minimum absolute atomic E-state index is 0.0212. The molecule has 0 spiro atoms. The molecular weight excluding hydrogens is 342 g/mol. The number of phenolic OH excluding ortho intramolecular Hbond substituents is 1. The molecule has 3 nitrogen and oxygen atoms in total. The smallest absolute Gasteiger partial charge is 0.139 e. The summed E-state index contributed by atoms with van der Waals surface area (Å²) in [5, 5.41) is 13.7. The molecule has 0 radical (unpaired) electrons. The van der Waals surface area contributed by atoms with E-state index < -0.39 is 0 Å². The summed E-state index contributed by atoms with van der Waals surface area (Å²) in [5.41, 5.74) is 2.12. The minimum Gasteiger partial charge on any atom is -0.506 e. The highest BCUT2D eigenvalue weighted by atomic mass is 35.5. The van der Waals surface area contributed by atoms with Crippen LogP contribution in [-0.2, 0) is 6.54 Å². The fraction of sp³-hybridized carbons (Fsp3) is 0.0769. The van der Waals surface area contributed by atoms with E-state index in [9.17, 15) is 5.11 Å². The van der Waals surface area contributed by atoms with Gasteiger partial charge in [0.05, 0.1) is 10.7 Å². The number of halogens is 4.